The summed E-state index contributed by atoms with van der Waals surface area (Å²) in [6.45, 7) is 6.27. The van der Waals surface area contributed by atoms with E-state index >= 15 is 0 Å². The summed E-state index contributed by atoms with van der Waals surface area (Å²) in [4.78, 5) is 10.2. The standard InChI is InChI=1S/C56H40F3N3/c1-35-14-12-19-41(27-35)47-32-44(51-34-50(38-15-6-4-7-16-38)60-55(61-51)39-17-8-5-9-18-39)33-48(42-20-13-21-45(30-42)56(57,58)59)54(47)62-52-23-11-10-22-46(52)49-31-40(24-25-53(49)62)43-28-36(2)26-37(3)29-43/h4-34H,1-3H3. The number of hydrogen-bond acceptors (Lipinski definition) is 2. The molecule has 0 atom stereocenters. The summed E-state index contributed by atoms with van der Waals surface area (Å²) >= 11 is 0. The van der Waals surface area contributed by atoms with Gasteiger partial charge in [0, 0.05) is 38.6 Å². The molecule has 0 amide bonds. The summed E-state index contributed by atoms with van der Waals surface area (Å²) in [5, 5.41) is 2.08. The van der Waals surface area contributed by atoms with Gasteiger partial charge < -0.3 is 4.57 Å². The zero-order chi connectivity index (χ0) is 42.5. The molecular formula is C56H40F3N3. The number of hydrogen-bond donors (Lipinski definition) is 0. The van der Waals surface area contributed by atoms with Crippen molar-refractivity contribution in [2.45, 2.75) is 26.9 Å². The molecule has 0 saturated heterocycles. The Bertz CT molecular complexity index is 3230. The van der Waals surface area contributed by atoms with E-state index in [1.54, 1.807) is 6.07 Å². The normalized spacial score (nSPS) is 11.7. The quantitative estimate of drug-likeness (QED) is 0.160. The number of aromatic nitrogens is 3. The van der Waals surface area contributed by atoms with Crippen LogP contribution in [0.5, 0.6) is 0 Å². The Hall–Kier alpha value is -7.57. The smallest absolute Gasteiger partial charge is 0.308 e. The van der Waals surface area contributed by atoms with Crippen LogP contribution in [0.1, 0.15) is 22.3 Å². The molecule has 0 spiro atoms. The minimum Gasteiger partial charge on any atom is -0.308 e. The molecule has 62 heavy (non-hydrogen) atoms. The van der Waals surface area contributed by atoms with Gasteiger partial charge in [0.2, 0.25) is 0 Å². The minimum atomic E-state index is -4.55. The van der Waals surface area contributed by atoms with E-state index in [1.807, 2.05) is 91.0 Å². The first-order valence-corrected chi connectivity index (χ1v) is 20.6. The Morgan fingerprint density at radius 1 is 0.387 bits per heavy atom. The molecule has 0 radical (unpaired) electrons. The molecule has 0 aliphatic carbocycles. The fourth-order valence-electron chi connectivity index (χ4n) is 8.74. The van der Waals surface area contributed by atoms with Gasteiger partial charge in [-0.1, -0.05) is 156 Å². The van der Waals surface area contributed by atoms with Gasteiger partial charge in [0.15, 0.2) is 5.82 Å². The van der Waals surface area contributed by atoms with Crippen LogP contribution in [0, 0.1) is 20.8 Å². The highest BCUT2D eigenvalue weighted by atomic mass is 19.4. The zero-order valence-electron chi connectivity index (χ0n) is 34.4. The summed E-state index contributed by atoms with van der Waals surface area (Å²) in [5.74, 6) is 0.547. The fraction of sp³-hybridized carbons (Fsp3) is 0.0714. The lowest BCUT2D eigenvalue weighted by molar-refractivity contribution is -0.137. The Kier molecular flexibility index (Phi) is 9.64. The van der Waals surface area contributed by atoms with E-state index in [9.17, 15) is 13.2 Å². The summed E-state index contributed by atoms with van der Waals surface area (Å²) < 4.78 is 46.1. The fourth-order valence-corrected chi connectivity index (χ4v) is 8.74. The lowest BCUT2D eigenvalue weighted by atomic mass is 9.90. The maximum Gasteiger partial charge on any atom is 0.416 e. The van der Waals surface area contributed by atoms with Crippen LogP contribution < -0.4 is 0 Å². The summed E-state index contributed by atoms with van der Waals surface area (Å²) in [5.41, 5.74) is 14.3. The van der Waals surface area contributed by atoms with Gasteiger partial charge in [0.1, 0.15) is 0 Å². The van der Waals surface area contributed by atoms with E-state index in [1.165, 1.54) is 23.3 Å². The second-order valence-corrected chi connectivity index (χ2v) is 16.0. The van der Waals surface area contributed by atoms with E-state index in [4.69, 9.17) is 9.97 Å². The molecule has 3 nitrogen and oxygen atoms in total. The van der Waals surface area contributed by atoms with Gasteiger partial charge in [-0.25, -0.2) is 9.97 Å². The molecule has 10 rings (SSSR count). The van der Waals surface area contributed by atoms with Crippen LogP contribution in [0.25, 0.3) is 94.8 Å². The van der Waals surface area contributed by atoms with Gasteiger partial charge in [0.05, 0.1) is 33.7 Å². The number of rotatable bonds is 7. The van der Waals surface area contributed by atoms with Crippen LogP contribution in [-0.2, 0) is 6.18 Å². The first-order chi connectivity index (χ1) is 30.1. The Morgan fingerprint density at radius 3 is 1.63 bits per heavy atom. The lowest BCUT2D eigenvalue weighted by Gasteiger charge is -2.22. The second kappa shape index (κ2) is 15.5. The highest BCUT2D eigenvalue weighted by Crippen LogP contribution is 2.46. The first kappa shape index (κ1) is 38.6. The van der Waals surface area contributed by atoms with Crippen molar-refractivity contribution < 1.29 is 13.2 Å². The van der Waals surface area contributed by atoms with Crippen molar-refractivity contribution in [1.29, 1.82) is 0 Å². The third-order valence-corrected chi connectivity index (χ3v) is 11.5. The largest absolute Gasteiger partial charge is 0.416 e. The van der Waals surface area contributed by atoms with E-state index in [2.05, 4.69) is 98.1 Å². The first-order valence-electron chi connectivity index (χ1n) is 20.6. The van der Waals surface area contributed by atoms with Crippen molar-refractivity contribution in [3.05, 3.63) is 210 Å². The summed E-state index contributed by atoms with van der Waals surface area (Å²) in [6, 6.07) is 61.3. The topological polar surface area (TPSA) is 30.7 Å². The predicted molar refractivity (Wildman–Crippen MR) is 248 cm³/mol. The van der Waals surface area contributed by atoms with E-state index in [0.717, 1.165) is 83.8 Å². The van der Waals surface area contributed by atoms with Gasteiger partial charge in [-0.15, -0.1) is 0 Å². The minimum absolute atomic E-state index is 0.434. The number of alkyl halides is 3. The molecule has 10 aromatic rings. The molecule has 0 saturated carbocycles. The van der Waals surface area contributed by atoms with Gasteiger partial charge in [0.25, 0.3) is 0 Å². The van der Waals surface area contributed by atoms with Crippen molar-refractivity contribution in [1.82, 2.24) is 14.5 Å². The molecule has 2 aromatic heterocycles. The molecule has 0 aliphatic rings. The van der Waals surface area contributed by atoms with E-state index in [-0.39, 0.29) is 0 Å². The van der Waals surface area contributed by atoms with E-state index in [0.29, 0.717) is 22.6 Å². The number of benzene rings is 8. The Morgan fingerprint density at radius 2 is 0.952 bits per heavy atom. The van der Waals surface area contributed by atoms with Crippen molar-refractivity contribution in [2.75, 3.05) is 0 Å². The number of halogens is 3. The maximum atomic E-state index is 14.6. The molecule has 0 N–H and O–H groups in total. The van der Waals surface area contributed by atoms with Crippen LogP contribution in [0.4, 0.5) is 13.2 Å². The predicted octanol–water partition coefficient (Wildman–Crippen LogP) is 15.5. The average molecular weight is 812 g/mol. The molecule has 6 heteroatoms. The SMILES string of the molecule is Cc1cc(C)cc(-c2ccc3c(c2)c2ccccc2n3-c2c(-c3cccc(C)c3)cc(-c3cc(-c4ccccc4)nc(-c4ccccc4)n3)cc2-c2cccc(C(F)(F)F)c2)c1. The highest BCUT2D eigenvalue weighted by Gasteiger charge is 2.31. The van der Waals surface area contributed by atoms with Crippen LogP contribution in [0.15, 0.2) is 188 Å². The van der Waals surface area contributed by atoms with Crippen molar-refractivity contribution in [3.63, 3.8) is 0 Å². The summed E-state index contributed by atoms with van der Waals surface area (Å²) in [7, 11) is 0. The van der Waals surface area contributed by atoms with E-state index < -0.39 is 11.7 Å². The second-order valence-electron chi connectivity index (χ2n) is 16.0. The Labute approximate surface area is 358 Å². The average Bonchev–Trinajstić information content (AvgIpc) is 3.62. The Balaban J connectivity index is 1.33. The van der Waals surface area contributed by atoms with Gasteiger partial charge in [-0.2, -0.15) is 13.2 Å². The van der Waals surface area contributed by atoms with Crippen LogP contribution >= 0.6 is 0 Å². The monoisotopic (exact) mass is 811 g/mol. The third kappa shape index (κ3) is 7.24. The number of para-hydroxylation sites is 1. The number of nitrogens with zero attached hydrogens (tertiary/aromatic N) is 3. The third-order valence-electron chi connectivity index (χ3n) is 11.5. The van der Waals surface area contributed by atoms with Crippen LogP contribution in [0.3, 0.4) is 0 Å². The highest BCUT2D eigenvalue weighted by molar-refractivity contribution is 6.12. The van der Waals surface area contributed by atoms with Crippen LogP contribution in [-0.4, -0.2) is 14.5 Å². The summed E-state index contributed by atoms with van der Waals surface area (Å²) in [6.07, 6.45) is -4.55. The van der Waals surface area contributed by atoms with Gasteiger partial charge in [-0.05, 0) is 91.6 Å². The maximum absolute atomic E-state index is 14.6. The molecule has 0 bridgehead atoms. The molecule has 0 aliphatic heterocycles. The van der Waals surface area contributed by atoms with Gasteiger partial charge >= 0.3 is 6.18 Å². The molecule has 2 heterocycles. The van der Waals surface area contributed by atoms with Gasteiger partial charge in [-0.3, -0.25) is 0 Å². The van der Waals surface area contributed by atoms with Crippen molar-refractivity contribution >= 4 is 21.8 Å². The zero-order valence-corrected chi connectivity index (χ0v) is 34.4. The molecule has 8 aromatic carbocycles. The molecular weight excluding hydrogens is 772 g/mol. The number of fused-ring (bicyclic) bond motifs is 3. The molecule has 0 unspecified atom stereocenters. The lowest BCUT2D eigenvalue weighted by Crippen LogP contribution is -2.06. The molecule has 0 fully saturated rings. The van der Waals surface area contributed by atoms with Crippen LogP contribution in [0.2, 0.25) is 0 Å². The number of aryl methyl sites for hydroxylation is 3. The molecule has 300 valence electrons. The van der Waals surface area contributed by atoms with Crippen molar-refractivity contribution in [2.24, 2.45) is 0 Å². The van der Waals surface area contributed by atoms with Crippen molar-refractivity contribution in [3.8, 4) is 73.0 Å².